The molecule has 2 atom stereocenters. The molecule has 82 heavy (non-hydrogen) atoms. The number of esters is 1. The van der Waals surface area contributed by atoms with Gasteiger partial charge in [0.25, 0.3) is 0 Å². The third-order valence-electron chi connectivity index (χ3n) is 18.4. The number of rotatable bonds is 73. The van der Waals surface area contributed by atoms with Crippen LogP contribution >= 0.6 is 0 Å². The largest absolute Gasteiger partial charge is 0.466 e. The van der Waals surface area contributed by atoms with Gasteiger partial charge in [-0.15, -0.1) is 0 Å². The van der Waals surface area contributed by atoms with Gasteiger partial charge in [-0.3, -0.25) is 9.59 Å². The number of nitrogens with one attached hydrogen (secondary N) is 1. The van der Waals surface area contributed by atoms with Crippen LogP contribution in [0.1, 0.15) is 450 Å². The van der Waals surface area contributed by atoms with Crippen LogP contribution < -0.4 is 5.32 Å². The molecular formula is C76H151NO5. The van der Waals surface area contributed by atoms with Gasteiger partial charge < -0.3 is 20.3 Å². The molecule has 0 aliphatic heterocycles. The molecule has 490 valence electrons. The normalized spacial score (nSPS) is 12.4. The first-order valence-corrected chi connectivity index (χ1v) is 38.3. The van der Waals surface area contributed by atoms with Crippen molar-refractivity contribution >= 4 is 11.9 Å². The van der Waals surface area contributed by atoms with E-state index in [9.17, 15) is 19.8 Å². The first kappa shape index (κ1) is 80.9. The lowest BCUT2D eigenvalue weighted by molar-refractivity contribution is -0.143. The minimum absolute atomic E-state index is 0.0245. The number of ether oxygens (including phenoxy) is 1. The molecule has 0 aromatic rings. The second-order valence-corrected chi connectivity index (χ2v) is 26.7. The van der Waals surface area contributed by atoms with Gasteiger partial charge in [-0.1, -0.05) is 412 Å². The average Bonchev–Trinajstić information content (AvgIpc) is 3.48. The van der Waals surface area contributed by atoms with Crippen molar-refractivity contribution in [3.05, 3.63) is 0 Å². The van der Waals surface area contributed by atoms with Crippen LogP contribution in [0.3, 0.4) is 0 Å². The van der Waals surface area contributed by atoms with Crippen molar-refractivity contribution in [1.29, 1.82) is 0 Å². The van der Waals surface area contributed by atoms with Gasteiger partial charge in [0.2, 0.25) is 5.91 Å². The highest BCUT2D eigenvalue weighted by molar-refractivity contribution is 5.76. The molecule has 0 aromatic heterocycles. The predicted molar refractivity (Wildman–Crippen MR) is 361 cm³/mol. The summed E-state index contributed by atoms with van der Waals surface area (Å²) in [4.78, 5) is 24.6. The van der Waals surface area contributed by atoms with Crippen LogP contribution in [0.2, 0.25) is 0 Å². The van der Waals surface area contributed by atoms with Crippen LogP contribution in [0.25, 0.3) is 0 Å². The summed E-state index contributed by atoms with van der Waals surface area (Å²) in [6, 6.07) is -0.538. The molecule has 0 aromatic carbocycles. The Morgan fingerprint density at radius 1 is 0.293 bits per heavy atom. The molecule has 6 nitrogen and oxygen atoms in total. The van der Waals surface area contributed by atoms with Crippen LogP contribution in [0, 0.1) is 0 Å². The van der Waals surface area contributed by atoms with E-state index in [-0.39, 0.29) is 18.5 Å². The number of hydrogen-bond donors (Lipinski definition) is 3. The summed E-state index contributed by atoms with van der Waals surface area (Å²) in [5.74, 6) is -0.000873. The van der Waals surface area contributed by atoms with Gasteiger partial charge in [0.15, 0.2) is 0 Å². The van der Waals surface area contributed by atoms with Crippen molar-refractivity contribution in [2.24, 2.45) is 0 Å². The van der Waals surface area contributed by atoms with E-state index >= 15 is 0 Å². The Morgan fingerprint density at radius 3 is 0.744 bits per heavy atom. The molecule has 0 rings (SSSR count). The zero-order valence-electron chi connectivity index (χ0n) is 56.3. The molecule has 0 aliphatic rings. The van der Waals surface area contributed by atoms with E-state index in [1.165, 1.54) is 379 Å². The van der Waals surface area contributed by atoms with Crippen LogP contribution in [0.5, 0.6) is 0 Å². The minimum atomic E-state index is -0.661. The second kappa shape index (κ2) is 72.3. The van der Waals surface area contributed by atoms with Crippen molar-refractivity contribution in [2.45, 2.75) is 463 Å². The predicted octanol–water partition coefficient (Wildman–Crippen LogP) is 24.9. The van der Waals surface area contributed by atoms with E-state index in [2.05, 4.69) is 19.2 Å². The van der Waals surface area contributed by atoms with Crippen molar-refractivity contribution in [3.63, 3.8) is 0 Å². The van der Waals surface area contributed by atoms with E-state index < -0.39 is 12.1 Å². The van der Waals surface area contributed by atoms with Crippen LogP contribution in [-0.2, 0) is 14.3 Å². The number of amides is 1. The Kier molecular flexibility index (Phi) is 71.3. The monoisotopic (exact) mass is 1160 g/mol. The summed E-state index contributed by atoms with van der Waals surface area (Å²) >= 11 is 0. The smallest absolute Gasteiger partial charge is 0.305 e. The summed E-state index contributed by atoms with van der Waals surface area (Å²) in [7, 11) is 0. The van der Waals surface area contributed by atoms with Gasteiger partial charge in [0, 0.05) is 12.8 Å². The number of carbonyl (C=O) groups is 2. The van der Waals surface area contributed by atoms with Gasteiger partial charge in [-0.25, -0.2) is 0 Å². The van der Waals surface area contributed by atoms with Crippen molar-refractivity contribution in [2.75, 3.05) is 13.2 Å². The molecule has 0 saturated heterocycles. The summed E-state index contributed by atoms with van der Waals surface area (Å²) in [5, 5.41) is 23.4. The van der Waals surface area contributed by atoms with E-state index in [0.29, 0.717) is 25.9 Å². The summed E-state index contributed by atoms with van der Waals surface area (Å²) in [5.41, 5.74) is 0. The van der Waals surface area contributed by atoms with Gasteiger partial charge in [0.1, 0.15) is 0 Å². The lowest BCUT2D eigenvalue weighted by Crippen LogP contribution is -2.45. The highest BCUT2D eigenvalue weighted by Crippen LogP contribution is 2.20. The van der Waals surface area contributed by atoms with Crippen LogP contribution in [0.4, 0.5) is 0 Å². The fourth-order valence-corrected chi connectivity index (χ4v) is 12.6. The molecule has 6 heteroatoms. The van der Waals surface area contributed by atoms with Crippen molar-refractivity contribution < 1.29 is 24.5 Å². The Bertz CT molecular complexity index is 1200. The number of unbranched alkanes of at least 4 members (excludes halogenated alkanes) is 62. The molecule has 2 unspecified atom stereocenters. The quantitative estimate of drug-likeness (QED) is 0.0417. The second-order valence-electron chi connectivity index (χ2n) is 26.7. The van der Waals surface area contributed by atoms with Crippen molar-refractivity contribution in [1.82, 2.24) is 5.32 Å². The van der Waals surface area contributed by atoms with E-state index in [1.807, 2.05) is 0 Å². The molecule has 1 amide bonds. The maximum absolute atomic E-state index is 12.6. The Balaban J connectivity index is 3.32. The summed E-state index contributed by atoms with van der Waals surface area (Å²) in [6.45, 7) is 5.02. The molecule has 0 radical (unpaired) electrons. The van der Waals surface area contributed by atoms with Gasteiger partial charge in [-0.2, -0.15) is 0 Å². The van der Waals surface area contributed by atoms with Crippen molar-refractivity contribution in [3.8, 4) is 0 Å². The highest BCUT2D eigenvalue weighted by atomic mass is 16.5. The van der Waals surface area contributed by atoms with Crippen LogP contribution in [-0.4, -0.2) is 47.4 Å². The topological polar surface area (TPSA) is 95.9 Å². The molecule has 0 aliphatic carbocycles. The molecule has 3 N–H and O–H groups in total. The molecular weight excluding hydrogens is 1010 g/mol. The SMILES string of the molecule is CCCCCCCCCCCCCCCCCCCCCCC(O)C(CO)NC(=O)CCCCCCCCCCCCCCCCCCCCCCCCCCCCCCCCOC(=O)CCCCCCCCCCCCCCCCC. The fourth-order valence-electron chi connectivity index (χ4n) is 12.6. The van der Waals surface area contributed by atoms with Gasteiger partial charge in [-0.05, 0) is 25.7 Å². The molecule has 0 fully saturated rings. The Morgan fingerprint density at radius 2 is 0.500 bits per heavy atom. The maximum Gasteiger partial charge on any atom is 0.305 e. The van der Waals surface area contributed by atoms with E-state index in [1.54, 1.807) is 0 Å². The minimum Gasteiger partial charge on any atom is -0.466 e. The third kappa shape index (κ3) is 68.0. The zero-order chi connectivity index (χ0) is 59.2. The first-order valence-electron chi connectivity index (χ1n) is 38.3. The van der Waals surface area contributed by atoms with Crippen LogP contribution in [0.15, 0.2) is 0 Å². The average molecular weight is 1160 g/mol. The van der Waals surface area contributed by atoms with Gasteiger partial charge >= 0.3 is 5.97 Å². The summed E-state index contributed by atoms with van der Waals surface area (Å²) in [6.07, 6.45) is 88.9. The number of aliphatic hydroxyl groups is 2. The number of hydrogen-bond acceptors (Lipinski definition) is 5. The van der Waals surface area contributed by atoms with E-state index in [0.717, 1.165) is 38.5 Å². The molecule has 0 bridgehead atoms. The third-order valence-corrected chi connectivity index (χ3v) is 18.4. The highest BCUT2D eigenvalue weighted by Gasteiger charge is 2.20. The van der Waals surface area contributed by atoms with E-state index in [4.69, 9.17) is 4.74 Å². The molecule has 0 spiro atoms. The lowest BCUT2D eigenvalue weighted by atomic mass is 10.0. The number of carbonyl (C=O) groups excluding carboxylic acids is 2. The lowest BCUT2D eigenvalue weighted by Gasteiger charge is -2.22. The Labute approximate surface area is 515 Å². The number of aliphatic hydroxyl groups excluding tert-OH is 2. The maximum atomic E-state index is 12.6. The Hall–Kier alpha value is -1.14. The molecule has 0 saturated carbocycles. The van der Waals surface area contributed by atoms with Gasteiger partial charge in [0.05, 0.1) is 25.4 Å². The summed E-state index contributed by atoms with van der Waals surface area (Å²) < 4.78 is 5.51. The first-order chi connectivity index (χ1) is 40.5. The zero-order valence-corrected chi connectivity index (χ0v) is 56.3. The fraction of sp³-hybridized carbons (Fsp3) is 0.974. The molecule has 0 heterocycles. The standard InChI is InChI=1S/C76H151NO5/c1-3-5-7-9-11-13-15-17-19-20-21-34-37-41-44-48-52-56-60-64-68-74(79)73(72-78)77-75(80)69-65-61-57-53-49-45-42-38-35-32-30-28-26-24-22-23-25-27-29-31-33-36-39-43-47-51-55-59-63-67-71-82-76(81)70-66-62-58-54-50-46-40-18-16-14-12-10-8-6-4-2/h73-74,78-79H,3-72H2,1-2H3,(H,77,80).